The van der Waals surface area contributed by atoms with Crippen LogP contribution in [0.4, 0.5) is 0 Å². The summed E-state index contributed by atoms with van der Waals surface area (Å²) in [7, 11) is 1.97. The number of nitrogens with zero attached hydrogens (tertiary/aromatic N) is 2. The summed E-state index contributed by atoms with van der Waals surface area (Å²) in [6.07, 6.45) is 1.86. The predicted molar refractivity (Wildman–Crippen MR) is 114 cm³/mol. The van der Waals surface area contributed by atoms with Gasteiger partial charge in [0.05, 0.1) is 0 Å². The summed E-state index contributed by atoms with van der Waals surface area (Å²) in [6, 6.07) is 32.4. The summed E-state index contributed by atoms with van der Waals surface area (Å²) in [5.74, 6) is 0. The van der Waals surface area contributed by atoms with Crippen LogP contribution in [-0.4, -0.2) is 5.10 Å². The van der Waals surface area contributed by atoms with Crippen LogP contribution in [-0.2, 0) is 39.8 Å². The Labute approximate surface area is 196 Å². The molecule has 2 nitrogen and oxygen atoms in total. The van der Waals surface area contributed by atoms with E-state index < -0.39 is 0 Å². The molecule has 5 aromatic rings. The van der Waals surface area contributed by atoms with Crippen molar-refractivity contribution >= 4 is 21.5 Å². The zero-order valence-electron chi connectivity index (χ0n) is 16.5. The molecule has 1 aromatic heterocycles. The van der Waals surface area contributed by atoms with E-state index in [0.29, 0.717) is 0 Å². The van der Waals surface area contributed by atoms with Gasteiger partial charge in [0.15, 0.2) is 12.7 Å². The summed E-state index contributed by atoms with van der Waals surface area (Å²) < 4.78 is 1.89. The second kappa shape index (κ2) is 8.14. The molecule has 4 aromatic carbocycles. The largest absolute Gasteiger partial charge is 0.198 e. The molecule has 1 heterocycles. The van der Waals surface area contributed by atoms with Crippen LogP contribution in [0.25, 0.3) is 43.9 Å². The fraction of sp³-hybridized carbons (Fsp3) is 0.0769. The molecule has 137 valence electrons. The molecule has 0 fully saturated rings. The van der Waals surface area contributed by atoms with Crippen molar-refractivity contribution in [3.63, 3.8) is 0 Å². The van der Waals surface area contributed by atoms with Gasteiger partial charge in [-0.3, -0.25) is 0 Å². The Kier molecular flexibility index (Phi) is 5.58. The van der Waals surface area contributed by atoms with Gasteiger partial charge in [0.25, 0.3) is 0 Å². The van der Waals surface area contributed by atoms with E-state index in [0.717, 1.165) is 27.8 Å². The first-order chi connectivity index (χ1) is 13.7. The Morgan fingerprint density at radius 3 is 2.34 bits per heavy atom. The summed E-state index contributed by atoms with van der Waals surface area (Å²) >= 11 is 0. The second-order valence-corrected chi connectivity index (χ2v) is 7.07. The van der Waals surface area contributed by atoms with Crippen LogP contribution in [0.2, 0.25) is 0 Å². The van der Waals surface area contributed by atoms with Gasteiger partial charge in [-0.15, -0.1) is 28.3 Å². The number of aryl methyl sites for hydroxylation is 2. The van der Waals surface area contributed by atoms with Gasteiger partial charge in [-0.2, -0.15) is 23.3 Å². The van der Waals surface area contributed by atoms with Gasteiger partial charge in [0.1, 0.15) is 0 Å². The van der Waals surface area contributed by atoms with Gasteiger partial charge in [-0.25, -0.2) is 0 Å². The smallest absolute Gasteiger partial charge is 0.162 e. The number of fused-ring (bicyclic) bond motifs is 2. The third kappa shape index (κ3) is 3.63. The number of hydrogen-bond acceptors (Lipinski definition) is 1. The SMILES string of the molecule is Cc1c(-c2[c-]c(-c3[c-]c4ccccc4cc3)cn[n+]2C)ccc2ccccc12.[Y]. The van der Waals surface area contributed by atoms with E-state index in [1.807, 2.05) is 30.1 Å². The molecule has 0 amide bonds. The number of benzene rings is 4. The minimum atomic E-state index is 0. The fourth-order valence-electron chi connectivity index (χ4n) is 3.78. The van der Waals surface area contributed by atoms with E-state index in [2.05, 4.69) is 84.8 Å². The third-order valence-electron chi connectivity index (χ3n) is 5.34. The van der Waals surface area contributed by atoms with Crippen LogP contribution >= 0.6 is 0 Å². The van der Waals surface area contributed by atoms with Gasteiger partial charge in [-0.05, 0) is 29.5 Å². The molecule has 0 aliphatic carbocycles. The van der Waals surface area contributed by atoms with Crippen molar-refractivity contribution < 1.29 is 37.4 Å². The van der Waals surface area contributed by atoms with E-state index >= 15 is 0 Å². The van der Waals surface area contributed by atoms with Crippen molar-refractivity contribution in [3.05, 3.63) is 96.7 Å². The Bertz CT molecular complexity index is 1340. The minimum absolute atomic E-state index is 0. The normalized spacial score (nSPS) is 10.8. The monoisotopic (exact) mass is 448 g/mol. The van der Waals surface area contributed by atoms with Gasteiger partial charge >= 0.3 is 0 Å². The first-order valence-corrected chi connectivity index (χ1v) is 9.39. The van der Waals surface area contributed by atoms with Crippen molar-refractivity contribution in [2.24, 2.45) is 7.05 Å². The van der Waals surface area contributed by atoms with E-state index in [1.165, 1.54) is 21.7 Å². The molecule has 0 spiro atoms. The second-order valence-electron chi connectivity index (χ2n) is 7.07. The van der Waals surface area contributed by atoms with E-state index in [-0.39, 0.29) is 32.7 Å². The maximum absolute atomic E-state index is 4.60. The fourth-order valence-corrected chi connectivity index (χ4v) is 3.78. The average molecular weight is 448 g/mol. The molecule has 0 saturated carbocycles. The quantitative estimate of drug-likeness (QED) is 0.259. The molecule has 1 radical (unpaired) electrons. The molecule has 3 heteroatoms. The summed E-state index contributed by atoms with van der Waals surface area (Å²) in [4.78, 5) is 0. The third-order valence-corrected chi connectivity index (χ3v) is 5.34. The molecule has 0 aliphatic heterocycles. The molecule has 0 saturated heterocycles. The first-order valence-electron chi connectivity index (χ1n) is 9.39. The van der Waals surface area contributed by atoms with E-state index in [1.54, 1.807) is 0 Å². The Balaban J connectivity index is 0.00000205. The standard InChI is InChI=1S/C26H19N2.Y/c1-18-24-10-6-5-8-20(24)13-14-25(18)26-16-23(17-27-28(26)2)22-12-11-19-7-3-4-9-21(19)15-22;/h3-14,17H,1-2H3;/q-1;. The zero-order valence-corrected chi connectivity index (χ0v) is 19.3. The van der Waals surface area contributed by atoms with E-state index in [4.69, 9.17) is 0 Å². The minimum Gasteiger partial charge on any atom is -0.198 e. The van der Waals surface area contributed by atoms with Crippen LogP contribution in [0.1, 0.15) is 5.56 Å². The maximum Gasteiger partial charge on any atom is 0.162 e. The van der Waals surface area contributed by atoms with Crippen LogP contribution in [0.5, 0.6) is 0 Å². The Morgan fingerprint density at radius 1 is 0.759 bits per heavy atom. The maximum atomic E-state index is 4.60. The zero-order chi connectivity index (χ0) is 19.1. The molecular formula is C26H19N2Y-. The first kappa shape index (κ1) is 19.9. The molecular weight excluding hydrogens is 429 g/mol. The molecule has 29 heavy (non-hydrogen) atoms. The average Bonchev–Trinajstić information content (AvgIpc) is 2.74. The van der Waals surface area contributed by atoms with Gasteiger partial charge in [0, 0.05) is 32.7 Å². The Morgan fingerprint density at radius 2 is 1.48 bits per heavy atom. The van der Waals surface area contributed by atoms with E-state index in [9.17, 15) is 0 Å². The molecule has 0 aliphatic rings. The summed E-state index contributed by atoms with van der Waals surface area (Å²) in [5.41, 5.74) is 5.32. The topological polar surface area (TPSA) is 16.8 Å². The number of aromatic nitrogens is 2. The summed E-state index contributed by atoms with van der Waals surface area (Å²) in [6.45, 7) is 2.17. The van der Waals surface area contributed by atoms with Crippen molar-refractivity contribution in [2.45, 2.75) is 6.92 Å². The van der Waals surface area contributed by atoms with Crippen molar-refractivity contribution in [2.75, 3.05) is 0 Å². The number of hydrogen-bond donors (Lipinski definition) is 0. The van der Waals surface area contributed by atoms with Gasteiger partial charge < -0.3 is 0 Å². The van der Waals surface area contributed by atoms with Crippen molar-refractivity contribution in [3.8, 4) is 22.4 Å². The van der Waals surface area contributed by atoms with Gasteiger partial charge in [-0.1, -0.05) is 70.6 Å². The predicted octanol–water partition coefficient (Wildman–Crippen LogP) is 5.45. The summed E-state index contributed by atoms with van der Waals surface area (Å²) in [5, 5.41) is 9.40. The van der Waals surface area contributed by atoms with Crippen molar-refractivity contribution in [1.82, 2.24) is 5.10 Å². The molecule has 0 atom stereocenters. The van der Waals surface area contributed by atoms with Crippen LogP contribution in [0, 0.1) is 19.1 Å². The van der Waals surface area contributed by atoms with Crippen LogP contribution in [0.3, 0.4) is 0 Å². The molecule has 0 unspecified atom stereocenters. The molecule has 5 rings (SSSR count). The van der Waals surface area contributed by atoms with Crippen molar-refractivity contribution in [1.29, 1.82) is 0 Å². The van der Waals surface area contributed by atoms with Crippen LogP contribution in [0.15, 0.2) is 79.0 Å². The molecule has 0 bridgehead atoms. The Hall–Kier alpha value is -2.42. The van der Waals surface area contributed by atoms with Gasteiger partial charge in [0.2, 0.25) is 0 Å². The number of rotatable bonds is 2. The van der Waals surface area contributed by atoms with Crippen LogP contribution < -0.4 is 4.68 Å². The molecule has 0 N–H and O–H groups in total.